The van der Waals surface area contributed by atoms with E-state index in [0.29, 0.717) is 13.0 Å². The van der Waals surface area contributed by atoms with Crippen LogP contribution >= 0.6 is 0 Å². The molecule has 15 heavy (non-hydrogen) atoms. The monoisotopic (exact) mass is 208 g/mol. The molecule has 1 aromatic rings. The minimum Gasteiger partial charge on any atom is -0.409 e. The van der Waals surface area contributed by atoms with Gasteiger partial charge in [-0.2, -0.15) is 0 Å². The number of benzene rings is 1. The highest BCUT2D eigenvalue weighted by molar-refractivity contribution is 5.79. The summed E-state index contributed by atoms with van der Waals surface area (Å²) in [6.45, 7) is 2.43. The van der Waals surface area contributed by atoms with Crippen LogP contribution in [0.15, 0.2) is 35.5 Å². The molecule has 1 rings (SSSR count). The Morgan fingerprint density at radius 3 is 2.73 bits per heavy atom. The Labute approximate surface area is 89.4 Å². The number of amidine groups is 1. The average molecular weight is 208 g/mol. The fourth-order valence-corrected chi connectivity index (χ4v) is 1.21. The van der Waals surface area contributed by atoms with Gasteiger partial charge in [0.1, 0.15) is 5.84 Å². The molecule has 0 spiro atoms. The molecule has 0 fully saturated rings. The van der Waals surface area contributed by atoms with Gasteiger partial charge in [0.25, 0.3) is 0 Å². The summed E-state index contributed by atoms with van der Waals surface area (Å²) in [5, 5.41) is 11.3. The van der Waals surface area contributed by atoms with Gasteiger partial charge in [-0.1, -0.05) is 35.5 Å². The zero-order valence-corrected chi connectivity index (χ0v) is 8.76. The first kappa shape index (κ1) is 11.5. The lowest BCUT2D eigenvalue weighted by molar-refractivity contribution is 0.0574. The fourth-order valence-electron chi connectivity index (χ4n) is 1.21. The third kappa shape index (κ3) is 4.46. The van der Waals surface area contributed by atoms with E-state index in [9.17, 15) is 0 Å². The molecule has 0 radical (unpaired) electrons. The van der Waals surface area contributed by atoms with Crippen LogP contribution in [0.25, 0.3) is 0 Å². The molecule has 1 aromatic carbocycles. The molecule has 0 amide bonds. The second-order valence-electron chi connectivity index (χ2n) is 3.40. The standard InChI is InChI=1S/C11H16N2O2/c1-9(7-11(12)13-14)15-8-10-5-3-2-4-6-10/h2-6,9,14H,7-8H2,1H3,(H2,12,13). The highest BCUT2D eigenvalue weighted by Crippen LogP contribution is 2.05. The van der Waals surface area contributed by atoms with E-state index in [1.807, 2.05) is 37.3 Å². The summed E-state index contributed by atoms with van der Waals surface area (Å²) in [4.78, 5) is 0. The molecule has 4 heteroatoms. The number of nitrogens with two attached hydrogens (primary N) is 1. The van der Waals surface area contributed by atoms with E-state index in [0.717, 1.165) is 5.56 Å². The number of nitrogens with zero attached hydrogens (tertiary/aromatic N) is 1. The van der Waals surface area contributed by atoms with Gasteiger partial charge in [0.05, 0.1) is 12.7 Å². The average Bonchev–Trinajstić information content (AvgIpc) is 2.27. The molecule has 0 aromatic heterocycles. The van der Waals surface area contributed by atoms with Crippen LogP contribution in [-0.4, -0.2) is 17.1 Å². The molecular formula is C11H16N2O2. The van der Waals surface area contributed by atoms with Crippen molar-refractivity contribution in [2.75, 3.05) is 0 Å². The maximum Gasteiger partial charge on any atom is 0.141 e. The summed E-state index contributed by atoms with van der Waals surface area (Å²) in [5.74, 6) is 0.190. The molecule has 0 aliphatic rings. The van der Waals surface area contributed by atoms with Gasteiger partial charge in [0.15, 0.2) is 0 Å². The lowest BCUT2D eigenvalue weighted by Crippen LogP contribution is -2.20. The zero-order valence-electron chi connectivity index (χ0n) is 8.76. The van der Waals surface area contributed by atoms with Gasteiger partial charge >= 0.3 is 0 Å². The van der Waals surface area contributed by atoms with E-state index in [4.69, 9.17) is 15.7 Å². The van der Waals surface area contributed by atoms with E-state index in [1.54, 1.807) is 0 Å². The van der Waals surface area contributed by atoms with Crippen molar-refractivity contribution >= 4 is 5.84 Å². The van der Waals surface area contributed by atoms with Crippen LogP contribution in [0.2, 0.25) is 0 Å². The summed E-state index contributed by atoms with van der Waals surface area (Å²) in [6, 6.07) is 9.88. The Balaban J connectivity index is 2.31. The summed E-state index contributed by atoms with van der Waals surface area (Å²) >= 11 is 0. The van der Waals surface area contributed by atoms with Crippen molar-refractivity contribution in [2.45, 2.75) is 26.1 Å². The van der Waals surface area contributed by atoms with E-state index in [-0.39, 0.29) is 11.9 Å². The van der Waals surface area contributed by atoms with Crippen molar-refractivity contribution in [2.24, 2.45) is 10.9 Å². The van der Waals surface area contributed by atoms with Crippen molar-refractivity contribution in [1.29, 1.82) is 0 Å². The Kier molecular flexibility index (Phi) is 4.63. The minimum absolute atomic E-state index is 0.0545. The molecular weight excluding hydrogens is 192 g/mol. The molecule has 4 nitrogen and oxygen atoms in total. The molecule has 0 aliphatic heterocycles. The second kappa shape index (κ2) is 6.03. The Bertz CT molecular complexity index is 312. The van der Waals surface area contributed by atoms with Crippen molar-refractivity contribution in [1.82, 2.24) is 0 Å². The molecule has 82 valence electrons. The predicted octanol–water partition coefficient (Wildman–Crippen LogP) is 1.73. The van der Waals surface area contributed by atoms with Crippen molar-refractivity contribution < 1.29 is 9.94 Å². The second-order valence-corrected chi connectivity index (χ2v) is 3.40. The lowest BCUT2D eigenvalue weighted by atomic mass is 10.2. The van der Waals surface area contributed by atoms with Crippen molar-refractivity contribution in [3.8, 4) is 0 Å². The first-order valence-corrected chi connectivity index (χ1v) is 4.84. The molecule has 0 saturated heterocycles. The predicted molar refractivity (Wildman–Crippen MR) is 58.7 cm³/mol. The highest BCUT2D eigenvalue weighted by atomic mass is 16.5. The maximum atomic E-state index is 8.38. The van der Waals surface area contributed by atoms with Gasteiger partial charge in [-0.25, -0.2) is 0 Å². The maximum absolute atomic E-state index is 8.38. The van der Waals surface area contributed by atoms with Gasteiger partial charge in [0.2, 0.25) is 0 Å². The van der Waals surface area contributed by atoms with Crippen LogP contribution in [0.4, 0.5) is 0 Å². The van der Waals surface area contributed by atoms with E-state index < -0.39 is 0 Å². The summed E-state index contributed by atoms with van der Waals surface area (Å²) in [6.07, 6.45) is 0.379. The normalized spacial score (nSPS) is 13.8. The number of rotatable bonds is 5. The van der Waals surface area contributed by atoms with Gasteiger partial charge in [-0.3, -0.25) is 0 Å². The molecule has 0 aliphatic carbocycles. The van der Waals surface area contributed by atoms with Crippen molar-refractivity contribution in [3.63, 3.8) is 0 Å². The van der Waals surface area contributed by atoms with Crippen LogP contribution in [-0.2, 0) is 11.3 Å². The van der Waals surface area contributed by atoms with Gasteiger partial charge < -0.3 is 15.7 Å². The quantitative estimate of drug-likeness (QED) is 0.335. The number of ether oxygens (including phenoxy) is 1. The fraction of sp³-hybridized carbons (Fsp3) is 0.364. The summed E-state index contributed by atoms with van der Waals surface area (Å²) < 4.78 is 5.53. The van der Waals surface area contributed by atoms with Crippen molar-refractivity contribution in [3.05, 3.63) is 35.9 Å². The van der Waals surface area contributed by atoms with E-state index >= 15 is 0 Å². The molecule has 0 bridgehead atoms. The summed E-state index contributed by atoms with van der Waals surface area (Å²) in [7, 11) is 0. The third-order valence-corrected chi connectivity index (χ3v) is 2.00. The Hall–Kier alpha value is -1.55. The molecule has 0 saturated carbocycles. The molecule has 1 atom stereocenters. The lowest BCUT2D eigenvalue weighted by Gasteiger charge is -2.11. The number of hydrogen-bond acceptors (Lipinski definition) is 3. The first-order valence-electron chi connectivity index (χ1n) is 4.84. The van der Waals surface area contributed by atoms with E-state index in [1.165, 1.54) is 0 Å². The van der Waals surface area contributed by atoms with Crippen LogP contribution < -0.4 is 5.73 Å². The smallest absolute Gasteiger partial charge is 0.141 e. The molecule has 1 unspecified atom stereocenters. The topological polar surface area (TPSA) is 67.8 Å². The zero-order chi connectivity index (χ0) is 11.1. The first-order chi connectivity index (χ1) is 7.22. The van der Waals surface area contributed by atoms with Gasteiger partial charge in [0, 0.05) is 6.42 Å². The number of hydrogen-bond donors (Lipinski definition) is 2. The minimum atomic E-state index is -0.0545. The van der Waals surface area contributed by atoms with Gasteiger partial charge in [-0.15, -0.1) is 0 Å². The Morgan fingerprint density at radius 2 is 2.13 bits per heavy atom. The molecule has 3 N–H and O–H groups in total. The van der Waals surface area contributed by atoms with Gasteiger partial charge in [-0.05, 0) is 12.5 Å². The summed E-state index contributed by atoms with van der Waals surface area (Å²) in [5.41, 5.74) is 6.48. The van der Waals surface area contributed by atoms with Crippen LogP contribution in [0, 0.1) is 0 Å². The Morgan fingerprint density at radius 1 is 1.47 bits per heavy atom. The van der Waals surface area contributed by atoms with Crippen LogP contribution in [0.5, 0.6) is 0 Å². The van der Waals surface area contributed by atoms with Crippen LogP contribution in [0.1, 0.15) is 18.9 Å². The SMILES string of the molecule is CC(CC(N)=NO)OCc1ccccc1. The molecule has 0 heterocycles. The van der Waals surface area contributed by atoms with Crippen LogP contribution in [0.3, 0.4) is 0 Å². The van der Waals surface area contributed by atoms with E-state index in [2.05, 4.69) is 5.16 Å². The number of oxime groups is 1. The largest absolute Gasteiger partial charge is 0.409 e. The third-order valence-electron chi connectivity index (χ3n) is 2.00. The highest BCUT2D eigenvalue weighted by Gasteiger charge is 2.05.